The third-order valence-electron chi connectivity index (χ3n) is 2.84. The zero-order valence-electron chi connectivity index (χ0n) is 8.54. The summed E-state index contributed by atoms with van der Waals surface area (Å²) < 4.78 is 0. The normalized spacial score (nSPS) is 27.3. The van der Waals surface area contributed by atoms with E-state index in [0.717, 1.165) is 13.1 Å². The largest absolute Gasteiger partial charge is 0.299 e. The smallest absolute Gasteiger partial charge is 0.146 e. The molecule has 0 radical (unpaired) electrons. The SMILES string of the molecule is CC(=O)C(C)N1CCC(=O)C(C)C1. The molecule has 13 heavy (non-hydrogen) atoms. The molecule has 74 valence electrons. The highest BCUT2D eigenvalue weighted by molar-refractivity contribution is 5.83. The zero-order chi connectivity index (χ0) is 10.0. The van der Waals surface area contributed by atoms with Crippen molar-refractivity contribution < 1.29 is 9.59 Å². The van der Waals surface area contributed by atoms with Gasteiger partial charge in [-0.1, -0.05) is 6.92 Å². The van der Waals surface area contributed by atoms with E-state index in [4.69, 9.17) is 0 Å². The van der Waals surface area contributed by atoms with E-state index in [1.54, 1.807) is 6.92 Å². The molecule has 1 aliphatic heterocycles. The van der Waals surface area contributed by atoms with E-state index in [-0.39, 0.29) is 17.7 Å². The third kappa shape index (κ3) is 2.37. The number of piperidine rings is 1. The van der Waals surface area contributed by atoms with Crippen molar-refractivity contribution in [2.75, 3.05) is 13.1 Å². The summed E-state index contributed by atoms with van der Waals surface area (Å²) in [5, 5.41) is 0. The molecule has 0 aromatic heterocycles. The van der Waals surface area contributed by atoms with Crippen LogP contribution in [0.25, 0.3) is 0 Å². The molecule has 0 spiro atoms. The number of nitrogens with zero attached hydrogens (tertiary/aromatic N) is 1. The van der Waals surface area contributed by atoms with E-state index in [0.29, 0.717) is 12.2 Å². The number of carbonyl (C=O) groups excluding carboxylic acids is 2. The fourth-order valence-electron chi connectivity index (χ4n) is 1.65. The molecule has 0 N–H and O–H groups in total. The van der Waals surface area contributed by atoms with E-state index < -0.39 is 0 Å². The Balaban J connectivity index is 2.55. The Kier molecular flexibility index (Phi) is 3.20. The summed E-state index contributed by atoms with van der Waals surface area (Å²) in [4.78, 5) is 24.4. The molecule has 0 aromatic rings. The van der Waals surface area contributed by atoms with Gasteiger partial charge in [-0.05, 0) is 13.8 Å². The van der Waals surface area contributed by atoms with Gasteiger partial charge in [-0.3, -0.25) is 14.5 Å². The van der Waals surface area contributed by atoms with Gasteiger partial charge in [-0.2, -0.15) is 0 Å². The first-order chi connectivity index (χ1) is 6.02. The van der Waals surface area contributed by atoms with Crippen molar-refractivity contribution in [3.8, 4) is 0 Å². The molecule has 3 heteroatoms. The fourth-order valence-corrected chi connectivity index (χ4v) is 1.65. The van der Waals surface area contributed by atoms with E-state index in [2.05, 4.69) is 4.90 Å². The molecular formula is C10H17NO2. The van der Waals surface area contributed by atoms with Crippen molar-refractivity contribution in [1.82, 2.24) is 4.90 Å². The van der Waals surface area contributed by atoms with Gasteiger partial charge in [0, 0.05) is 25.4 Å². The highest BCUT2D eigenvalue weighted by atomic mass is 16.1. The first kappa shape index (κ1) is 10.4. The van der Waals surface area contributed by atoms with Crippen LogP contribution in [0.2, 0.25) is 0 Å². The third-order valence-corrected chi connectivity index (χ3v) is 2.84. The molecule has 0 aromatic carbocycles. The van der Waals surface area contributed by atoms with Crippen LogP contribution in [0.3, 0.4) is 0 Å². The van der Waals surface area contributed by atoms with Crippen LogP contribution < -0.4 is 0 Å². The standard InChI is InChI=1S/C10H17NO2/c1-7-6-11(5-4-10(7)13)8(2)9(3)12/h7-8H,4-6H2,1-3H3. The second kappa shape index (κ2) is 4.01. The highest BCUT2D eigenvalue weighted by Gasteiger charge is 2.27. The van der Waals surface area contributed by atoms with E-state index in [1.165, 1.54) is 0 Å². The van der Waals surface area contributed by atoms with Gasteiger partial charge in [-0.15, -0.1) is 0 Å². The average Bonchev–Trinajstić information content (AvgIpc) is 2.08. The van der Waals surface area contributed by atoms with Gasteiger partial charge in [0.15, 0.2) is 0 Å². The summed E-state index contributed by atoms with van der Waals surface area (Å²) in [5.74, 6) is 0.601. The predicted molar refractivity (Wildman–Crippen MR) is 50.5 cm³/mol. The van der Waals surface area contributed by atoms with Crippen LogP contribution >= 0.6 is 0 Å². The quantitative estimate of drug-likeness (QED) is 0.637. The average molecular weight is 183 g/mol. The lowest BCUT2D eigenvalue weighted by atomic mass is 9.97. The lowest BCUT2D eigenvalue weighted by Gasteiger charge is -2.33. The van der Waals surface area contributed by atoms with Crippen LogP contribution in [0, 0.1) is 5.92 Å². The molecule has 2 atom stereocenters. The molecule has 1 rings (SSSR count). The molecule has 2 unspecified atom stereocenters. The van der Waals surface area contributed by atoms with Crippen LogP contribution in [0.5, 0.6) is 0 Å². The number of hydrogen-bond donors (Lipinski definition) is 0. The van der Waals surface area contributed by atoms with Gasteiger partial charge in [0.25, 0.3) is 0 Å². The molecule has 0 aliphatic carbocycles. The van der Waals surface area contributed by atoms with Gasteiger partial charge in [0.05, 0.1) is 6.04 Å². The van der Waals surface area contributed by atoms with Crippen LogP contribution in [-0.4, -0.2) is 35.6 Å². The van der Waals surface area contributed by atoms with Crippen molar-refractivity contribution >= 4 is 11.6 Å². The lowest BCUT2D eigenvalue weighted by molar-refractivity contribution is -0.130. The molecule has 0 saturated carbocycles. The maximum absolute atomic E-state index is 11.2. The lowest BCUT2D eigenvalue weighted by Crippen LogP contribution is -2.46. The molecule has 1 fully saturated rings. The van der Waals surface area contributed by atoms with Crippen molar-refractivity contribution in [3.63, 3.8) is 0 Å². The molecule has 3 nitrogen and oxygen atoms in total. The summed E-state index contributed by atoms with van der Waals surface area (Å²) in [5.41, 5.74) is 0. The van der Waals surface area contributed by atoms with Gasteiger partial charge in [0.1, 0.15) is 11.6 Å². The number of rotatable bonds is 2. The summed E-state index contributed by atoms with van der Waals surface area (Å²) in [6, 6.07) is -0.0319. The van der Waals surface area contributed by atoms with Crippen molar-refractivity contribution in [3.05, 3.63) is 0 Å². The minimum Gasteiger partial charge on any atom is -0.299 e. The monoisotopic (exact) mass is 183 g/mol. The van der Waals surface area contributed by atoms with Gasteiger partial charge in [-0.25, -0.2) is 0 Å². The maximum Gasteiger partial charge on any atom is 0.146 e. The van der Waals surface area contributed by atoms with Crippen molar-refractivity contribution in [2.45, 2.75) is 33.2 Å². The Hall–Kier alpha value is -0.700. The van der Waals surface area contributed by atoms with Crippen LogP contribution in [0.15, 0.2) is 0 Å². The highest BCUT2D eigenvalue weighted by Crippen LogP contribution is 2.15. The molecule has 0 amide bonds. The Labute approximate surface area is 79.1 Å². The molecule has 1 saturated heterocycles. The van der Waals surface area contributed by atoms with E-state index >= 15 is 0 Å². The summed E-state index contributed by atoms with van der Waals surface area (Å²) in [6.07, 6.45) is 0.596. The van der Waals surface area contributed by atoms with Crippen LogP contribution in [0.1, 0.15) is 27.2 Å². The van der Waals surface area contributed by atoms with Gasteiger partial charge >= 0.3 is 0 Å². The number of likely N-dealkylation sites (tertiary alicyclic amines) is 1. The summed E-state index contributed by atoms with van der Waals surface area (Å²) in [7, 11) is 0. The van der Waals surface area contributed by atoms with Gasteiger partial charge < -0.3 is 0 Å². The summed E-state index contributed by atoms with van der Waals surface area (Å²) in [6.45, 7) is 6.92. The molecular weight excluding hydrogens is 166 g/mol. The summed E-state index contributed by atoms with van der Waals surface area (Å²) >= 11 is 0. The number of Topliss-reactive ketones (excluding diaryl/α,β-unsaturated/α-hetero) is 2. The van der Waals surface area contributed by atoms with Crippen LogP contribution in [0.4, 0.5) is 0 Å². The van der Waals surface area contributed by atoms with Crippen LogP contribution in [-0.2, 0) is 9.59 Å². The minimum absolute atomic E-state index is 0.0319. The number of hydrogen-bond acceptors (Lipinski definition) is 3. The first-order valence-electron chi connectivity index (χ1n) is 4.79. The first-order valence-corrected chi connectivity index (χ1v) is 4.79. The fraction of sp³-hybridized carbons (Fsp3) is 0.800. The maximum atomic E-state index is 11.2. The van der Waals surface area contributed by atoms with Crippen molar-refractivity contribution in [2.24, 2.45) is 5.92 Å². The molecule has 1 aliphatic rings. The van der Waals surface area contributed by atoms with E-state index in [1.807, 2.05) is 13.8 Å². The second-order valence-electron chi connectivity index (χ2n) is 3.90. The minimum atomic E-state index is -0.0319. The number of ketones is 2. The van der Waals surface area contributed by atoms with Gasteiger partial charge in [0.2, 0.25) is 0 Å². The van der Waals surface area contributed by atoms with Crippen molar-refractivity contribution in [1.29, 1.82) is 0 Å². The predicted octanol–water partition coefficient (Wildman–Crippen LogP) is 0.875. The second-order valence-corrected chi connectivity index (χ2v) is 3.90. The Morgan fingerprint density at radius 1 is 1.62 bits per heavy atom. The number of carbonyl (C=O) groups is 2. The topological polar surface area (TPSA) is 37.4 Å². The molecule has 1 heterocycles. The van der Waals surface area contributed by atoms with E-state index in [9.17, 15) is 9.59 Å². The zero-order valence-corrected chi connectivity index (χ0v) is 8.54. The Morgan fingerprint density at radius 3 is 2.69 bits per heavy atom. The molecule has 0 bridgehead atoms. The Bertz CT molecular complexity index is 225. The Morgan fingerprint density at radius 2 is 2.23 bits per heavy atom.